The second-order valence-corrected chi connectivity index (χ2v) is 16.3. The Kier molecular flexibility index (Phi) is 8.15. The SMILES string of the molecule is c1ccc(-c2nc(-c3ccc(-n4c5ccccc5c5ccccc54)cc3)cc(-c3cccc4c3c3ccc5c(-c6ccccc6)nc6ccccc6c5c3n4-c3ccccc3)n2)cc1. The van der Waals surface area contributed by atoms with Gasteiger partial charge in [0.15, 0.2) is 5.82 Å². The van der Waals surface area contributed by atoms with E-state index in [-0.39, 0.29) is 0 Å². The van der Waals surface area contributed by atoms with Crippen molar-refractivity contribution in [3.63, 3.8) is 0 Å². The molecule has 0 atom stereocenters. The van der Waals surface area contributed by atoms with Crippen molar-refractivity contribution in [1.29, 1.82) is 0 Å². The van der Waals surface area contributed by atoms with Gasteiger partial charge in [-0.15, -0.1) is 0 Å². The molecule has 0 aliphatic carbocycles. The molecule has 4 heterocycles. The van der Waals surface area contributed by atoms with E-state index in [0.29, 0.717) is 5.82 Å². The van der Waals surface area contributed by atoms with Crippen LogP contribution in [0.1, 0.15) is 0 Å². The fourth-order valence-electron chi connectivity index (χ4n) is 9.89. The van der Waals surface area contributed by atoms with Gasteiger partial charge in [-0.1, -0.05) is 170 Å². The van der Waals surface area contributed by atoms with Crippen molar-refractivity contribution < 1.29 is 0 Å². The van der Waals surface area contributed by atoms with E-state index in [1.807, 2.05) is 18.2 Å². The monoisotopic (exact) mass is 815 g/mol. The van der Waals surface area contributed by atoms with Gasteiger partial charge in [0.2, 0.25) is 0 Å². The molecule has 0 radical (unpaired) electrons. The number of hydrogen-bond acceptors (Lipinski definition) is 3. The van der Waals surface area contributed by atoms with Crippen molar-refractivity contribution >= 4 is 65.3 Å². The standard InChI is InChI=1S/C59H37N5/c1-4-17-39(18-5-1)57-47-35-36-48-55-46(26-16-30-54(55)64(41-21-8-3-9-22-41)58(48)56(47)45-25-10-13-27-49(45)60-57)51-37-50(61-59(62-51)40-19-6-2-7-20-40)38-31-33-42(34-32-38)63-52-28-14-11-23-43(52)44-24-12-15-29-53(44)63/h1-37H. The van der Waals surface area contributed by atoms with E-state index in [0.717, 1.165) is 88.8 Å². The van der Waals surface area contributed by atoms with Crippen LogP contribution in [0.4, 0.5) is 0 Å². The lowest BCUT2D eigenvalue weighted by atomic mass is 9.96. The first kappa shape index (κ1) is 36.0. The summed E-state index contributed by atoms with van der Waals surface area (Å²) in [5.74, 6) is 0.679. The molecule has 0 amide bonds. The fourth-order valence-corrected chi connectivity index (χ4v) is 9.89. The summed E-state index contributed by atoms with van der Waals surface area (Å²) in [4.78, 5) is 16.0. The third kappa shape index (κ3) is 5.61. The van der Waals surface area contributed by atoms with Crippen LogP contribution in [0, 0.1) is 0 Å². The molecule has 0 saturated heterocycles. The van der Waals surface area contributed by atoms with E-state index in [1.165, 1.54) is 27.2 Å². The lowest BCUT2D eigenvalue weighted by Gasteiger charge is -2.14. The molecule has 5 heteroatoms. The van der Waals surface area contributed by atoms with Crippen LogP contribution in [0.25, 0.3) is 122 Å². The molecule has 13 aromatic rings. The van der Waals surface area contributed by atoms with Crippen LogP contribution in [0.15, 0.2) is 224 Å². The summed E-state index contributed by atoms with van der Waals surface area (Å²) in [5.41, 5.74) is 14.6. The van der Waals surface area contributed by atoms with E-state index < -0.39 is 0 Å². The second kappa shape index (κ2) is 14.5. The lowest BCUT2D eigenvalue weighted by Crippen LogP contribution is -1.97. The van der Waals surface area contributed by atoms with Gasteiger partial charge in [0.05, 0.1) is 44.7 Å². The molecule has 0 N–H and O–H groups in total. The maximum atomic E-state index is 5.40. The summed E-state index contributed by atoms with van der Waals surface area (Å²) in [6, 6.07) is 79.5. The largest absolute Gasteiger partial charge is 0.309 e. The molecule has 298 valence electrons. The first-order valence-electron chi connectivity index (χ1n) is 21.7. The van der Waals surface area contributed by atoms with Gasteiger partial charge in [0.1, 0.15) is 0 Å². The Morgan fingerprint density at radius 3 is 1.59 bits per heavy atom. The van der Waals surface area contributed by atoms with Gasteiger partial charge < -0.3 is 9.13 Å². The highest BCUT2D eigenvalue weighted by Crippen LogP contribution is 2.45. The number of hydrogen-bond donors (Lipinski definition) is 0. The Labute approximate surface area is 368 Å². The van der Waals surface area contributed by atoms with Crippen LogP contribution in [-0.2, 0) is 0 Å². The first-order valence-corrected chi connectivity index (χ1v) is 21.7. The number of rotatable bonds is 6. The molecule has 64 heavy (non-hydrogen) atoms. The van der Waals surface area contributed by atoms with Crippen molar-refractivity contribution in [2.24, 2.45) is 0 Å². The Morgan fingerprint density at radius 2 is 0.875 bits per heavy atom. The summed E-state index contributed by atoms with van der Waals surface area (Å²) in [7, 11) is 0. The second-order valence-electron chi connectivity index (χ2n) is 16.3. The number of aromatic nitrogens is 5. The molecule has 0 spiro atoms. The van der Waals surface area contributed by atoms with Gasteiger partial charge in [-0.2, -0.15) is 0 Å². The number of nitrogens with zero attached hydrogens (tertiary/aromatic N) is 5. The highest BCUT2D eigenvalue weighted by molar-refractivity contribution is 6.28. The highest BCUT2D eigenvalue weighted by atomic mass is 15.0. The zero-order valence-electron chi connectivity index (χ0n) is 34.6. The Bertz CT molecular complexity index is 3870. The van der Waals surface area contributed by atoms with Crippen LogP contribution in [0.2, 0.25) is 0 Å². The molecule has 0 fully saturated rings. The van der Waals surface area contributed by atoms with Crippen molar-refractivity contribution in [2.45, 2.75) is 0 Å². The van der Waals surface area contributed by atoms with Crippen LogP contribution in [0.3, 0.4) is 0 Å². The average Bonchev–Trinajstić information content (AvgIpc) is 3.90. The fraction of sp³-hybridized carbons (Fsp3) is 0. The smallest absolute Gasteiger partial charge is 0.160 e. The third-order valence-electron chi connectivity index (χ3n) is 12.7. The van der Waals surface area contributed by atoms with Gasteiger partial charge in [0.25, 0.3) is 0 Å². The van der Waals surface area contributed by atoms with E-state index in [1.54, 1.807) is 0 Å². The predicted molar refractivity (Wildman–Crippen MR) is 265 cm³/mol. The van der Waals surface area contributed by atoms with Crippen LogP contribution >= 0.6 is 0 Å². The van der Waals surface area contributed by atoms with Crippen LogP contribution in [0.5, 0.6) is 0 Å². The van der Waals surface area contributed by atoms with E-state index >= 15 is 0 Å². The van der Waals surface area contributed by atoms with Gasteiger partial charge in [-0.3, -0.25) is 0 Å². The number of para-hydroxylation sites is 4. The van der Waals surface area contributed by atoms with Crippen LogP contribution < -0.4 is 0 Å². The van der Waals surface area contributed by atoms with Crippen molar-refractivity contribution in [3.8, 4) is 56.5 Å². The van der Waals surface area contributed by atoms with E-state index in [9.17, 15) is 0 Å². The molecule has 5 nitrogen and oxygen atoms in total. The summed E-state index contributed by atoms with van der Waals surface area (Å²) < 4.78 is 4.79. The van der Waals surface area contributed by atoms with Gasteiger partial charge in [-0.05, 0) is 54.6 Å². The quantitative estimate of drug-likeness (QED) is 0.157. The zero-order valence-corrected chi connectivity index (χ0v) is 34.6. The number of fused-ring (bicyclic) bond motifs is 10. The Balaban J connectivity index is 1.07. The lowest BCUT2D eigenvalue weighted by molar-refractivity contribution is 1.17. The molecule has 13 rings (SSSR count). The number of pyridine rings is 1. The first-order chi connectivity index (χ1) is 31.8. The van der Waals surface area contributed by atoms with Crippen molar-refractivity contribution in [3.05, 3.63) is 224 Å². The minimum absolute atomic E-state index is 0.679. The van der Waals surface area contributed by atoms with Crippen molar-refractivity contribution in [2.75, 3.05) is 0 Å². The molecule has 9 aromatic carbocycles. The molecule has 4 aromatic heterocycles. The van der Waals surface area contributed by atoms with E-state index in [2.05, 4.69) is 215 Å². The Morgan fingerprint density at radius 1 is 0.312 bits per heavy atom. The third-order valence-corrected chi connectivity index (χ3v) is 12.7. The molecular formula is C59H37N5. The summed E-state index contributed by atoms with van der Waals surface area (Å²) in [5, 5.41) is 8.16. The minimum atomic E-state index is 0.679. The average molecular weight is 816 g/mol. The van der Waals surface area contributed by atoms with Gasteiger partial charge in [-0.25, -0.2) is 15.0 Å². The van der Waals surface area contributed by atoms with Crippen LogP contribution in [-0.4, -0.2) is 24.1 Å². The summed E-state index contributed by atoms with van der Waals surface area (Å²) in [6.45, 7) is 0. The maximum Gasteiger partial charge on any atom is 0.160 e. The molecule has 0 bridgehead atoms. The normalized spacial score (nSPS) is 11.8. The van der Waals surface area contributed by atoms with Crippen molar-refractivity contribution in [1.82, 2.24) is 24.1 Å². The zero-order chi connectivity index (χ0) is 42.1. The molecule has 0 saturated carbocycles. The van der Waals surface area contributed by atoms with E-state index in [4.69, 9.17) is 15.0 Å². The topological polar surface area (TPSA) is 48.5 Å². The molecule has 0 aliphatic rings. The number of benzene rings is 9. The van der Waals surface area contributed by atoms with Gasteiger partial charge >= 0.3 is 0 Å². The maximum absolute atomic E-state index is 5.40. The Hall–Kier alpha value is -8.67. The minimum Gasteiger partial charge on any atom is -0.309 e. The molecule has 0 unspecified atom stereocenters. The summed E-state index contributed by atoms with van der Waals surface area (Å²) in [6.07, 6.45) is 0. The highest BCUT2D eigenvalue weighted by Gasteiger charge is 2.23. The molecule has 0 aliphatic heterocycles. The van der Waals surface area contributed by atoms with Gasteiger partial charge in [0, 0.05) is 71.3 Å². The molecular weight excluding hydrogens is 779 g/mol. The predicted octanol–water partition coefficient (Wildman–Crippen LogP) is 15.0. The summed E-state index contributed by atoms with van der Waals surface area (Å²) >= 11 is 0.